The zero-order valence-corrected chi connectivity index (χ0v) is 36.4. The van der Waals surface area contributed by atoms with Gasteiger partial charge < -0.3 is 17.6 Å². The van der Waals surface area contributed by atoms with Crippen LogP contribution in [0.4, 0.5) is 0 Å². The van der Waals surface area contributed by atoms with E-state index in [0.717, 1.165) is 11.4 Å². The molecule has 5 heteroatoms. The Morgan fingerprint density at radius 2 is 0.538 bits per heavy atom. The van der Waals surface area contributed by atoms with E-state index in [4.69, 9.17) is 0 Å². The van der Waals surface area contributed by atoms with Crippen molar-refractivity contribution in [1.82, 2.24) is 17.6 Å². The van der Waals surface area contributed by atoms with E-state index in [9.17, 15) is 0 Å². The van der Waals surface area contributed by atoms with Gasteiger partial charge in [0.25, 0.3) is 0 Å². The zero-order chi connectivity index (χ0) is 42.6. The van der Waals surface area contributed by atoms with Crippen LogP contribution in [0.5, 0.6) is 0 Å². The summed E-state index contributed by atoms with van der Waals surface area (Å²) in [5.41, 5.74) is 12.0. The highest BCUT2D eigenvalue weighted by Crippen LogP contribution is 2.40. The van der Waals surface area contributed by atoms with Gasteiger partial charge >= 0.3 is 8.40 Å². The summed E-state index contributed by atoms with van der Waals surface area (Å²) >= 11 is 0. The molecule has 4 nitrogen and oxygen atoms in total. The summed E-state index contributed by atoms with van der Waals surface area (Å²) in [6.45, 7) is 0. The van der Waals surface area contributed by atoms with E-state index in [2.05, 4.69) is 260 Å². The van der Waals surface area contributed by atoms with Gasteiger partial charge in [0.2, 0.25) is 0 Å². The number of hydrogen-bond donors (Lipinski definition) is 0. The third-order valence-corrected chi connectivity index (χ3v) is 18.5. The average Bonchev–Trinajstić information content (AvgIpc) is 4.11. The summed E-state index contributed by atoms with van der Waals surface area (Å²) in [4.78, 5) is 0. The molecule has 0 saturated heterocycles. The first-order valence-electron chi connectivity index (χ1n) is 22.4. The van der Waals surface area contributed by atoms with Crippen LogP contribution in [0.15, 0.2) is 243 Å². The lowest BCUT2D eigenvalue weighted by molar-refractivity contribution is 1.14. The van der Waals surface area contributed by atoms with Crippen LogP contribution in [-0.2, 0) is 0 Å². The van der Waals surface area contributed by atoms with Crippen molar-refractivity contribution in [3.8, 4) is 11.4 Å². The number of aromatic nitrogens is 4. The molecule has 14 rings (SSSR count). The predicted octanol–water partition coefficient (Wildman–Crippen LogP) is 13.7. The predicted molar refractivity (Wildman–Crippen MR) is 276 cm³/mol. The molecule has 0 saturated carbocycles. The van der Waals surface area contributed by atoms with Crippen LogP contribution in [-0.4, -0.2) is 26.0 Å². The molecular weight excluding hydrogens is 805 g/mol. The molecule has 4 aromatic heterocycles. The molecule has 304 valence electrons. The highest BCUT2D eigenvalue weighted by molar-refractivity contribution is 7.01. The number of benzene rings is 10. The molecule has 0 aliphatic rings. The van der Waals surface area contributed by atoms with Crippen molar-refractivity contribution in [3.05, 3.63) is 243 Å². The Kier molecular flexibility index (Phi) is 7.68. The number of hydrogen-bond acceptors (Lipinski definition) is 0. The first-order valence-corrected chi connectivity index (χ1v) is 24.3. The van der Waals surface area contributed by atoms with Crippen LogP contribution in [0, 0.1) is 0 Å². The molecule has 10 aromatic carbocycles. The lowest BCUT2D eigenvalue weighted by atomic mass is 10.1. The van der Waals surface area contributed by atoms with Gasteiger partial charge in [0.15, 0.2) is 0 Å². The molecule has 0 bridgehead atoms. The van der Waals surface area contributed by atoms with Gasteiger partial charge in [0.05, 0.1) is 22.1 Å². The van der Waals surface area contributed by atoms with Crippen LogP contribution < -0.4 is 10.4 Å². The maximum Gasteiger partial charge on any atom is 0.340 e. The van der Waals surface area contributed by atoms with Crippen molar-refractivity contribution in [3.63, 3.8) is 0 Å². The molecule has 0 N–H and O–H groups in total. The Morgan fingerprint density at radius 3 is 0.985 bits per heavy atom. The monoisotopic (exact) mass is 844 g/mol. The highest BCUT2D eigenvalue weighted by atomic mass is 28.3. The van der Waals surface area contributed by atoms with Crippen LogP contribution in [0.2, 0.25) is 0 Å². The quantitative estimate of drug-likeness (QED) is 0.149. The molecule has 0 aliphatic heterocycles. The van der Waals surface area contributed by atoms with Crippen molar-refractivity contribution >= 4 is 106 Å². The van der Waals surface area contributed by atoms with Gasteiger partial charge in [-0.15, -0.1) is 0 Å². The fraction of sp³-hybridized carbons (Fsp3) is 0. The molecule has 0 unspecified atom stereocenters. The Morgan fingerprint density at radius 1 is 0.215 bits per heavy atom. The molecule has 0 spiro atoms. The molecular formula is C60H40N4Si. The molecule has 0 aliphatic carbocycles. The minimum atomic E-state index is -3.41. The standard InChI is InChI=1S/C60H40N4Si/c1-2-20-43(21-3-1)65(63-57-33-14-7-25-47(57)48-26-8-15-34-58(48)63,64-59-35-16-9-27-49(59)50-28-10-17-36-60(50)64)44-22-18-19-41(39-44)61-55-32-13-6-29-51(55)52-40-42(37-38-56(52)61)62-53-30-11-4-23-45(53)46-24-5-12-31-54(46)62/h1-40H. The third-order valence-electron chi connectivity index (χ3n) is 14.0. The number of nitrogens with zero attached hydrogens (tertiary/aromatic N) is 4. The minimum absolute atomic E-state index is 1.13. The number of rotatable bonds is 6. The van der Waals surface area contributed by atoms with Gasteiger partial charge in [-0.3, -0.25) is 0 Å². The summed E-state index contributed by atoms with van der Waals surface area (Å²) < 4.78 is 10.4. The van der Waals surface area contributed by atoms with Crippen molar-refractivity contribution < 1.29 is 0 Å². The Hall–Kier alpha value is -8.38. The first kappa shape index (κ1) is 36.1. The van der Waals surface area contributed by atoms with Crippen molar-refractivity contribution in [2.75, 3.05) is 0 Å². The minimum Gasteiger partial charge on any atom is -0.342 e. The van der Waals surface area contributed by atoms with Gasteiger partial charge in [0.1, 0.15) is 0 Å². The van der Waals surface area contributed by atoms with Gasteiger partial charge in [-0.1, -0.05) is 170 Å². The average molecular weight is 845 g/mol. The molecule has 0 atom stereocenters. The first-order chi connectivity index (χ1) is 32.3. The molecule has 0 radical (unpaired) electrons. The van der Waals surface area contributed by atoms with Crippen LogP contribution in [0.1, 0.15) is 0 Å². The smallest absolute Gasteiger partial charge is 0.340 e. The summed E-state index contributed by atoms with van der Waals surface area (Å²) in [6, 6.07) is 90.4. The highest BCUT2D eigenvalue weighted by Gasteiger charge is 2.47. The van der Waals surface area contributed by atoms with E-state index in [1.807, 2.05) is 0 Å². The lowest BCUT2D eigenvalue weighted by Crippen LogP contribution is -2.69. The fourth-order valence-corrected chi connectivity index (χ4v) is 16.5. The summed E-state index contributed by atoms with van der Waals surface area (Å²) in [6.07, 6.45) is 0. The molecule has 14 aromatic rings. The SMILES string of the molecule is c1ccc([Si](c2cccc(-n3c4ccccc4c4cc(-n5c6ccccc6c6ccccc65)ccc43)c2)(n2c3ccccc3c3ccccc32)n2c3ccccc3c3ccccc32)cc1. The maximum absolute atomic E-state index is 3.41. The molecule has 4 heterocycles. The second-order valence-corrected chi connectivity index (χ2v) is 20.6. The van der Waals surface area contributed by atoms with E-state index in [0.29, 0.717) is 0 Å². The normalized spacial score (nSPS) is 12.3. The van der Waals surface area contributed by atoms with Crippen LogP contribution in [0.25, 0.3) is 98.6 Å². The lowest BCUT2D eigenvalue weighted by Gasteiger charge is -2.38. The van der Waals surface area contributed by atoms with E-state index in [-0.39, 0.29) is 0 Å². The van der Waals surface area contributed by atoms with E-state index >= 15 is 0 Å². The largest absolute Gasteiger partial charge is 0.342 e. The summed E-state index contributed by atoms with van der Waals surface area (Å²) in [5, 5.41) is 12.6. The van der Waals surface area contributed by atoms with Crippen molar-refractivity contribution in [1.29, 1.82) is 0 Å². The van der Waals surface area contributed by atoms with Crippen LogP contribution in [0.3, 0.4) is 0 Å². The maximum atomic E-state index is 2.76. The van der Waals surface area contributed by atoms with Gasteiger partial charge in [0, 0.05) is 76.5 Å². The second-order valence-electron chi connectivity index (χ2n) is 17.3. The van der Waals surface area contributed by atoms with E-state index in [1.165, 1.54) is 97.6 Å². The Bertz CT molecular complexity index is 3930. The zero-order valence-electron chi connectivity index (χ0n) is 35.4. The molecule has 0 fully saturated rings. The van der Waals surface area contributed by atoms with Crippen molar-refractivity contribution in [2.24, 2.45) is 0 Å². The topological polar surface area (TPSA) is 19.7 Å². The molecule has 65 heavy (non-hydrogen) atoms. The Balaban J connectivity index is 1.11. The van der Waals surface area contributed by atoms with Gasteiger partial charge in [-0.2, -0.15) is 0 Å². The fourth-order valence-electron chi connectivity index (χ4n) is 11.4. The number of fused-ring (bicyclic) bond motifs is 12. The van der Waals surface area contributed by atoms with Crippen LogP contribution >= 0.6 is 0 Å². The second kappa shape index (κ2) is 13.8. The third kappa shape index (κ3) is 4.96. The van der Waals surface area contributed by atoms with Gasteiger partial charge in [-0.25, -0.2) is 0 Å². The summed E-state index contributed by atoms with van der Waals surface area (Å²) in [5.74, 6) is 0. The summed E-state index contributed by atoms with van der Waals surface area (Å²) in [7, 11) is -3.41. The van der Waals surface area contributed by atoms with E-state index < -0.39 is 8.40 Å². The Labute approximate surface area is 375 Å². The van der Waals surface area contributed by atoms with Crippen molar-refractivity contribution in [2.45, 2.75) is 0 Å². The molecule has 0 amide bonds. The van der Waals surface area contributed by atoms with Gasteiger partial charge in [-0.05, 0) is 83.2 Å². The van der Waals surface area contributed by atoms with E-state index in [1.54, 1.807) is 0 Å². The number of para-hydroxylation sites is 7.